The van der Waals surface area contributed by atoms with Gasteiger partial charge in [-0.3, -0.25) is 14.5 Å². The maximum absolute atomic E-state index is 13.8. The number of anilines is 1. The Morgan fingerprint density at radius 3 is 2.70 bits per heavy atom. The molecule has 10 heteroatoms. The molecule has 3 aromatic carbocycles. The maximum atomic E-state index is 13.8. The third kappa shape index (κ3) is 5.62. The van der Waals surface area contributed by atoms with Crippen molar-refractivity contribution in [3.8, 4) is 17.2 Å². The van der Waals surface area contributed by atoms with Crippen LogP contribution in [-0.4, -0.2) is 41.1 Å². The fourth-order valence-corrected chi connectivity index (χ4v) is 6.94. The van der Waals surface area contributed by atoms with E-state index < -0.39 is 17.7 Å². The van der Waals surface area contributed by atoms with Crippen LogP contribution in [0.3, 0.4) is 0 Å². The summed E-state index contributed by atoms with van der Waals surface area (Å²) in [5.74, 6) is -0.0291. The largest absolute Gasteiger partial charge is 0.507 e. The smallest absolute Gasteiger partial charge is 0.301 e. The molecule has 44 heavy (non-hydrogen) atoms. The summed E-state index contributed by atoms with van der Waals surface area (Å²) < 4.78 is 18.6. The number of aromatic nitrogens is 1. The number of carbonyl (C=O) groups is 2. The average molecular weight is 633 g/mol. The molecule has 3 heterocycles. The number of ether oxygens (including phenoxy) is 3. The molecule has 1 saturated heterocycles. The van der Waals surface area contributed by atoms with E-state index in [0.29, 0.717) is 57.9 Å². The molecule has 0 aliphatic carbocycles. The highest BCUT2D eigenvalue weighted by Gasteiger charge is 2.48. The van der Waals surface area contributed by atoms with Gasteiger partial charge in [0.2, 0.25) is 0 Å². The van der Waals surface area contributed by atoms with Crippen LogP contribution in [0.25, 0.3) is 16.0 Å². The lowest BCUT2D eigenvalue weighted by atomic mass is 9.94. The minimum Gasteiger partial charge on any atom is -0.507 e. The standard InChI is InChI=1S/C34H33ClN2O6S/c1-4-6-7-14-42-26-13-8-20(17-27(26)41-5-2)30-29(31(38)21-9-12-25-22(16-21)15-19(3)43-25)32(39)33(40)37(30)34-36-24-11-10-23(35)18-28(24)44-34/h8-13,16-19,30,38H,4-7,14-15H2,1-3H3. The van der Waals surface area contributed by atoms with Gasteiger partial charge in [-0.1, -0.05) is 48.8 Å². The second-order valence-electron chi connectivity index (χ2n) is 10.9. The zero-order valence-corrected chi connectivity index (χ0v) is 26.3. The first-order chi connectivity index (χ1) is 21.3. The van der Waals surface area contributed by atoms with E-state index in [1.807, 2.05) is 19.9 Å². The normalized spacial score (nSPS) is 19.0. The molecule has 1 aromatic heterocycles. The van der Waals surface area contributed by atoms with Crippen LogP contribution in [0, 0.1) is 0 Å². The summed E-state index contributed by atoms with van der Waals surface area (Å²) in [4.78, 5) is 33.6. The third-order valence-electron chi connectivity index (χ3n) is 7.75. The Hall–Kier alpha value is -4.08. The molecule has 2 aliphatic heterocycles. The summed E-state index contributed by atoms with van der Waals surface area (Å²) >= 11 is 7.48. The van der Waals surface area contributed by atoms with Gasteiger partial charge in [-0.05, 0) is 79.9 Å². The highest BCUT2D eigenvalue weighted by atomic mass is 35.5. The molecule has 0 radical (unpaired) electrons. The monoisotopic (exact) mass is 632 g/mol. The SMILES string of the molecule is CCCCCOc1ccc(C2C(=C(O)c3ccc4c(c3)CC(C)O4)C(=O)C(=O)N2c2nc3ccc(Cl)cc3s2)cc1OCC. The van der Waals surface area contributed by atoms with Crippen LogP contribution in [0.2, 0.25) is 5.02 Å². The van der Waals surface area contributed by atoms with E-state index in [1.165, 1.54) is 16.2 Å². The first-order valence-electron chi connectivity index (χ1n) is 14.9. The first-order valence-corrected chi connectivity index (χ1v) is 16.0. The van der Waals surface area contributed by atoms with E-state index in [0.717, 1.165) is 35.3 Å². The number of hydrogen-bond donors (Lipinski definition) is 1. The number of hydrogen-bond acceptors (Lipinski definition) is 8. The molecule has 1 N–H and O–H groups in total. The fourth-order valence-electron chi connectivity index (χ4n) is 5.68. The molecule has 1 fully saturated rings. The molecule has 0 saturated carbocycles. The number of ketones is 1. The number of nitrogens with zero attached hydrogens (tertiary/aromatic N) is 2. The van der Waals surface area contributed by atoms with Crippen molar-refractivity contribution >= 4 is 55.7 Å². The Balaban J connectivity index is 1.49. The van der Waals surface area contributed by atoms with Crippen LogP contribution in [0.1, 0.15) is 62.8 Å². The number of amides is 1. The zero-order chi connectivity index (χ0) is 31.0. The lowest BCUT2D eigenvalue weighted by molar-refractivity contribution is -0.132. The minimum atomic E-state index is -0.970. The van der Waals surface area contributed by atoms with Crippen LogP contribution in [-0.2, 0) is 16.0 Å². The predicted octanol–water partition coefficient (Wildman–Crippen LogP) is 7.87. The number of Topliss-reactive ketones (excluding diaryl/α,β-unsaturated/α-hetero) is 1. The Morgan fingerprint density at radius 2 is 1.91 bits per heavy atom. The van der Waals surface area contributed by atoms with Crippen LogP contribution in [0.15, 0.2) is 60.2 Å². The third-order valence-corrected chi connectivity index (χ3v) is 9.00. The number of thiazole rings is 1. The number of aliphatic hydroxyl groups is 1. The van der Waals surface area contributed by atoms with Crippen LogP contribution < -0.4 is 19.1 Å². The number of unbranched alkanes of at least 4 members (excludes halogenated alkanes) is 2. The summed E-state index contributed by atoms with van der Waals surface area (Å²) in [6.45, 7) is 6.92. The Kier molecular flexibility index (Phi) is 8.51. The fraction of sp³-hybridized carbons (Fsp3) is 0.324. The van der Waals surface area contributed by atoms with E-state index in [-0.39, 0.29) is 17.4 Å². The minimum absolute atomic E-state index is 0.0141. The summed E-state index contributed by atoms with van der Waals surface area (Å²) in [5.41, 5.74) is 2.55. The topological polar surface area (TPSA) is 98.2 Å². The number of fused-ring (bicyclic) bond motifs is 2. The van der Waals surface area contributed by atoms with E-state index >= 15 is 0 Å². The van der Waals surface area contributed by atoms with Crippen molar-refractivity contribution in [2.24, 2.45) is 0 Å². The quantitative estimate of drug-likeness (QED) is 0.0822. The summed E-state index contributed by atoms with van der Waals surface area (Å²) in [7, 11) is 0. The van der Waals surface area contributed by atoms with Gasteiger partial charge in [0.1, 0.15) is 17.6 Å². The van der Waals surface area contributed by atoms with Crippen molar-refractivity contribution in [1.82, 2.24) is 4.98 Å². The molecule has 228 valence electrons. The van der Waals surface area contributed by atoms with Gasteiger partial charge in [0.05, 0.1) is 35.0 Å². The number of benzene rings is 3. The molecule has 6 rings (SSSR count). The highest BCUT2D eigenvalue weighted by Crippen LogP contribution is 2.46. The molecular formula is C34H33ClN2O6S. The van der Waals surface area contributed by atoms with E-state index in [4.69, 9.17) is 25.8 Å². The maximum Gasteiger partial charge on any atom is 0.301 e. The van der Waals surface area contributed by atoms with Gasteiger partial charge in [0, 0.05) is 17.0 Å². The predicted molar refractivity (Wildman–Crippen MR) is 172 cm³/mol. The van der Waals surface area contributed by atoms with Crippen molar-refractivity contribution in [3.63, 3.8) is 0 Å². The van der Waals surface area contributed by atoms with Gasteiger partial charge in [0.15, 0.2) is 16.6 Å². The van der Waals surface area contributed by atoms with Crippen molar-refractivity contribution in [2.45, 2.75) is 58.6 Å². The van der Waals surface area contributed by atoms with E-state index in [9.17, 15) is 14.7 Å². The van der Waals surface area contributed by atoms with Gasteiger partial charge in [0.25, 0.3) is 5.78 Å². The summed E-state index contributed by atoms with van der Waals surface area (Å²) in [5, 5.41) is 12.6. The zero-order valence-electron chi connectivity index (χ0n) is 24.8. The highest BCUT2D eigenvalue weighted by molar-refractivity contribution is 7.22. The van der Waals surface area contributed by atoms with Crippen molar-refractivity contribution in [1.29, 1.82) is 0 Å². The van der Waals surface area contributed by atoms with Gasteiger partial charge in [-0.2, -0.15) is 0 Å². The van der Waals surface area contributed by atoms with Gasteiger partial charge in [-0.25, -0.2) is 4.98 Å². The van der Waals surface area contributed by atoms with Gasteiger partial charge < -0.3 is 19.3 Å². The molecule has 0 bridgehead atoms. The van der Waals surface area contributed by atoms with Gasteiger partial charge in [-0.15, -0.1) is 0 Å². The van der Waals surface area contributed by atoms with Crippen LogP contribution in [0.4, 0.5) is 5.13 Å². The Morgan fingerprint density at radius 1 is 1.07 bits per heavy atom. The Bertz CT molecular complexity index is 1780. The lowest BCUT2D eigenvalue weighted by Crippen LogP contribution is -2.29. The second-order valence-corrected chi connectivity index (χ2v) is 12.4. The summed E-state index contributed by atoms with van der Waals surface area (Å²) in [6.07, 6.45) is 3.74. The lowest BCUT2D eigenvalue weighted by Gasteiger charge is -2.24. The number of carbonyl (C=O) groups excluding carboxylic acids is 2. The van der Waals surface area contributed by atoms with Crippen LogP contribution >= 0.6 is 22.9 Å². The first kappa shape index (κ1) is 30.0. The number of halogens is 1. The van der Waals surface area contributed by atoms with Gasteiger partial charge >= 0.3 is 5.91 Å². The van der Waals surface area contributed by atoms with Crippen molar-refractivity contribution in [3.05, 3.63) is 81.9 Å². The molecule has 2 atom stereocenters. The molecule has 1 amide bonds. The number of aliphatic hydroxyl groups excluding tert-OH is 1. The molecule has 0 spiro atoms. The number of rotatable bonds is 10. The van der Waals surface area contributed by atoms with Crippen molar-refractivity contribution < 1.29 is 28.9 Å². The van der Waals surface area contributed by atoms with Crippen LogP contribution in [0.5, 0.6) is 17.2 Å². The average Bonchev–Trinajstić information content (AvgIpc) is 3.67. The van der Waals surface area contributed by atoms with Crippen molar-refractivity contribution in [2.75, 3.05) is 18.1 Å². The molecule has 2 aliphatic rings. The molecular weight excluding hydrogens is 600 g/mol. The summed E-state index contributed by atoms with van der Waals surface area (Å²) in [6, 6.07) is 15.0. The second kappa shape index (κ2) is 12.5. The Labute approximate surface area is 264 Å². The molecule has 4 aromatic rings. The van der Waals surface area contributed by atoms with E-state index in [2.05, 4.69) is 11.9 Å². The molecule has 8 nitrogen and oxygen atoms in total. The molecule has 2 unspecified atom stereocenters. The van der Waals surface area contributed by atoms with E-state index in [1.54, 1.807) is 48.5 Å².